The fourth-order valence-corrected chi connectivity index (χ4v) is 5.90. The minimum atomic E-state index is -0.00680. The predicted molar refractivity (Wildman–Crippen MR) is 180 cm³/mol. The van der Waals surface area contributed by atoms with Crippen LogP contribution in [0.5, 0.6) is 0 Å². The number of nitrogens with one attached hydrogen (secondary N) is 1. The first kappa shape index (κ1) is 35.3. The highest BCUT2D eigenvalue weighted by Gasteiger charge is 2.24. The highest BCUT2D eigenvalue weighted by atomic mass is 16.1. The fraction of sp³-hybridized carbons (Fsp3) is 0.778. The molecule has 234 valence electrons. The number of unbranched alkanes of at least 4 members (excludes halogenated alkanes) is 14. The molecule has 0 unspecified atom stereocenters. The summed E-state index contributed by atoms with van der Waals surface area (Å²) in [5, 5.41) is 3.17. The molecule has 5 nitrogen and oxygen atoms in total. The number of quaternary nitrogens is 1. The van der Waals surface area contributed by atoms with Crippen molar-refractivity contribution in [1.29, 1.82) is 0 Å². The van der Waals surface area contributed by atoms with E-state index >= 15 is 0 Å². The van der Waals surface area contributed by atoms with Gasteiger partial charge in [0.25, 0.3) is 5.91 Å². The van der Waals surface area contributed by atoms with Crippen LogP contribution in [0.1, 0.15) is 134 Å². The molecule has 5 heteroatoms. The van der Waals surface area contributed by atoms with E-state index in [0.717, 1.165) is 42.5 Å². The van der Waals surface area contributed by atoms with E-state index in [0.29, 0.717) is 18.8 Å². The van der Waals surface area contributed by atoms with Crippen molar-refractivity contribution in [2.45, 2.75) is 137 Å². The molecule has 0 bridgehead atoms. The van der Waals surface area contributed by atoms with Gasteiger partial charge < -0.3 is 14.7 Å². The number of carbonyl (C=O) groups excluding carboxylic acids is 1. The molecule has 1 N–H and O–H groups in total. The molecule has 1 heterocycles. The number of benzene rings is 1. The fourth-order valence-electron chi connectivity index (χ4n) is 5.90. The van der Waals surface area contributed by atoms with Crippen molar-refractivity contribution in [2.75, 3.05) is 51.7 Å². The van der Waals surface area contributed by atoms with Crippen molar-refractivity contribution in [3.05, 3.63) is 23.3 Å². The number of anilines is 1. The molecular formula is C36H65N4O+. The van der Waals surface area contributed by atoms with E-state index in [9.17, 15) is 4.79 Å². The average Bonchev–Trinajstić information content (AvgIpc) is 2.94. The number of hydrogen-bond donors (Lipinski definition) is 1. The Labute approximate surface area is 254 Å². The molecule has 41 heavy (non-hydrogen) atoms. The van der Waals surface area contributed by atoms with Crippen molar-refractivity contribution < 1.29 is 9.28 Å². The lowest BCUT2D eigenvalue weighted by Crippen LogP contribution is -2.44. The first-order valence-electron chi connectivity index (χ1n) is 17.3. The van der Waals surface area contributed by atoms with Crippen LogP contribution in [0.25, 0.3) is 0 Å². The van der Waals surface area contributed by atoms with Crippen LogP contribution in [0.15, 0.2) is 17.1 Å². The van der Waals surface area contributed by atoms with Gasteiger partial charge in [0.15, 0.2) is 0 Å². The lowest BCUT2D eigenvalue weighted by molar-refractivity contribution is -0.890. The van der Waals surface area contributed by atoms with Gasteiger partial charge in [0.05, 0.1) is 45.1 Å². The zero-order chi connectivity index (χ0) is 29.9. The third-order valence-electron chi connectivity index (χ3n) is 8.91. The van der Waals surface area contributed by atoms with Gasteiger partial charge in [0.1, 0.15) is 5.71 Å². The summed E-state index contributed by atoms with van der Waals surface area (Å²) in [6.07, 6.45) is 23.0. The first-order chi connectivity index (χ1) is 19.8. The summed E-state index contributed by atoms with van der Waals surface area (Å²) in [5.74, 6) is -0.00680. The van der Waals surface area contributed by atoms with E-state index in [2.05, 4.69) is 64.1 Å². The number of nitrogens with zero attached hydrogens (tertiary/aromatic N) is 3. The maximum absolute atomic E-state index is 13.0. The number of rotatable bonds is 23. The zero-order valence-corrected chi connectivity index (χ0v) is 28.0. The van der Waals surface area contributed by atoms with E-state index in [1.807, 2.05) is 0 Å². The van der Waals surface area contributed by atoms with Gasteiger partial charge in [0, 0.05) is 19.5 Å². The molecule has 0 spiro atoms. The molecule has 1 aliphatic rings. The van der Waals surface area contributed by atoms with Gasteiger partial charge in [-0.25, -0.2) is 4.99 Å². The van der Waals surface area contributed by atoms with E-state index in [1.54, 1.807) is 0 Å². The Balaban J connectivity index is 1.58. The van der Waals surface area contributed by atoms with Gasteiger partial charge in [-0.1, -0.05) is 97.3 Å². The zero-order valence-electron chi connectivity index (χ0n) is 28.0. The number of amides is 1. The van der Waals surface area contributed by atoms with Gasteiger partial charge in [-0.15, -0.1) is 0 Å². The second kappa shape index (κ2) is 20.1. The molecule has 0 atom stereocenters. The van der Waals surface area contributed by atoms with Crippen molar-refractivity contribution in [2.24, 2.45) is 4.99 Å². The third kappa shape index (κ3) is 14.2. The molecule has 0 aromatic heterocycles. The number of aryl methyl sites for hydroxylation is 2. The quantitative estimate of drug-likeness (QED) is 0.106. The van der Waals surface area contributed by atoms with Crippen molar-refractivity contribution >= 4 is 23.0 Å². The van der Waals surface area contributed by atoms with Gasteiger partial charge in [-0.2, -0.15) is 0 Å². The third-order valence-corrected chi connectivity index (χ3v) is 8.91. The Kier molecular flexibility index (Phi) is 17.3. The van der Waals surface area contributed by atoms with Gasteiger partial charge in [-0.3, -0.25) is 4.79 Å². The molecule has 1 aromatic rings. The number of carbonyl (C=O) groups is 1. The number of aliphatic imine (C=N–C) groups is 1. The minimum Gasteiger partial charge on any atom is -0.364 e. The van der Waals surface area contributed by atoms with Gasteiger partial charge in [-0.05, 0) is 56.4 Å². The Morgan fingerprint density at radius 2 is 1.27 bits per heavy atom. The molecule has 1 aromatic carbocycles. The summed E-state index contributed by atoms with van der Waals surface area (Å²) in [7, 11) is 4.67. The minimum absolute atomic E-state index is 0.00680. The van der Waals surface area contributed by atoms with E-state index < -0.39 is 0 Å². The molecule has 2 rings (SSSR count). The van der Waals surface area contributed by atoms with Crippen LogP contribution in [-0.4, -0.2) is 62.9 Å². The second-order valence-corrected chi connectivity index (χ2v) is 13.3. The van der Waals surface area contributed by atoms with Crippen LogP contribution in [0.4, 0.5) is 11.4 Å². The van der Waals surface area contributed by atoms with E-state index in [-0.39, 0.29) is 5.91 Å². The second-order valence-electron chi connectivity index (χ2n) is 13.3. The van der Waals surface area contributed by atoms with Crippen molar-refractivity contribution in [1.82, 2.24) is 5.32 Å². The summed E-state index contributed by atoms with van der Waals surface area (Å²) in [6, 6.07) is 4.36. The standard InChI is InChI=1S/C36H64N4O/c1-7-9-11-12-13-14-15-16-17-18-19-20-21-22-26-40(5,6)27-23-24-37-36(41)34-30-39(25-10-8-2)35-29-32(4)31(3)28-33(35)38-34/h28-29H,7-27,30H2,1-6H3/p+1. The topological polar surface area (TPSA) is 44.7 Å². The molecule has 0 aliphatic carbocycles. The maximum Gasteiger partial charge on any atom is 0.267 e. The highest BCUT2D eigenvalue weighted by molar-refractivity contribution is 6.41. The van der Waals surface area contributed by atoms with E-state index in [1.165, 1.54) is 113 Å². The lowest BCUT2D eigenvalue weighted by atomic mass is 10.0. The molecular weight excluding hydrogens is 504 g/mol. The van der Waals surface area contributed by atoms with E-state index in [4.69, 9.17) is 4.99 Å². The van der Waals surface area contributed by atoms with Crippen LogP contribution in [0.2, 0.25) is 0 Å². The SMILES string of the molecule is CCCCCCCCCCCCCCCC[N+](C)(C)CCCNC(=O)C1=Nc2cc(C)c(C)cc2N(CCCC)C1. The van der Waals surface area contributed by atoms with Crippen molar-refractivity contribution in [3.8, 4) is 0 Å². The van der Waals surface area contributed by atoms with Gasteiger partial charge in [0.2, 0.25) is 0 Å². The molecule has 0 saturated heterocycles. The summed E-state index contributed by atoms with van der Waals surface area (Å²) in [5.41, 5.74) is 5.26. The molecule has 0 fully saturated rings. The first-order valence-corrected chi connectivity index (χ1v) is 17.3. The summed E-state index contributed by atoms with van der Waals surface area (Å²) in [6.45, 7) is 13.4. The molecule has 1 aliphatic heterocycles. The monoisotopic (exact) mass is 570 g/mol. The smallest absolute Gasteiger partial charge is 0.267 e. The normalized spacial score (nSPS) is 13.3. The van der Waals surface area contributed by atoms with Crippen molar-refractivity contribution in [3.63, 3.8) is 0 Å². The van der Waals surface area contributed by atoms with Crippen LogP contribution in [0, 0.1) is 13.8 Å². The summed E-state index contributed by atoms with van der Waals surface area (Å²) in [4.78, 5) is 20.2. The summed E-state index contributed by atoms with van der Waals surface area (Å²) >= 11 is 0. The Hall–Kier alpha value is -1.88. The maximum atomic E-state index is 13.0. The molecule has 1 amide bonds. The number of fused-ring (bicyclic) bond motifs is 1. The van der Waals surface area contributed by atoms with Crippen LogP contribution < -0.4 is 10.2 Å². The van der Waals surface area contributed by atoms with Crippen LogP contribution in [0.3, 0.4) is 0 Å². The number of hydrogen-bond acceptors (Lipinski definition) is 3. The Morgan fingerprint density at radius 3 is 1.85 bits per heavy atom. The lowest BCUT2D eigenvalue weighted by Gasteiger charge is -2.31. The average molecular weight is 570 g/mol. The largest absolute Gasteiger partial charge is 0.364 e. The predicted octanol–water partition coefficient (Wildman–Crippen LogP) is 9.06. The Bertz CT molecular complexity index is 907. The van der Waals surface area contributed by atoms with Gasteiger partial charge >= 0.3 is 0 Å². The summed E-state index contributed by atoms with van der Waals surface area (Å²) < 4.78 is 1.03. The van der Waals surface area contributed by atoms with Crippen LogP contribution >= 0.6 is 0 Å². The molecule has 0 saturated carbocycles. The Morgan fingerprint density at radius 1 is 0.756 bits per heavy atom. The highest BCUT2D eigenvalue weighted by Crippen LogP contribution is 2.35. The molecule has 0 radical (unpaired) electrons. The van der Waals surface area contributed by atoms with Crippen LogP contribution in [-0.2, 0) is 4.79 Å².